The minimum absolute atomic E-state index is 0.0714. The molecule has 0 saturated heterocycles. The van der Waals surface area contributed by atoms with E-state index in [4.69, 9.17) is 10.00 Å². The van der Waals surface area contributed by atoms with Crippen LogP contribution < -0.4 is 9.46 Å². The summed E-state index contributed by atoms with van der Waals surface area (Å²) in [7, 11) is -3.91. The van der Waals surface area contributed by atoms with Crippen LogP contribution in [0.25, 0.3) is 5.82 Å². The van der Waals surface area contributed by atoms with Gasteiger partial charge in [-0.3, -0.25) is 4.72 Å². The van der Waals surface area contributed by atoms with E-state index in [0.29, 0.717) is 29.0 Å². The van der Waals surface area contributed by atoms with Gasteiger partial charge in [-0.05, 0) is 49.4 Å². The standard InChI is InChI=1S/C21H16N6O3S/c1-15-24-20(27-12-4-11-23-27)13-21(25-15)30-18-9-7-17(8-10-18)26-31(28,29)19-6-3-2-5-16(19)14-22/h2-13,26H,1H3. The van der Waals surface area contributed by atoms with Gasteiger partial charge in [-0.25, -0.2) is 18.1 Å². The number of aryl methyl sites for hydroxylation is 1. The van der Waals surface area contributed by atoms with Gasteiger partial charge in [-0.1, -0.05) is 12.1 Å². The normalized spacial score (nSPS) is 11.0. The molecule has 1 N–H and O–H groups in total. The fourth-order valence-electron chi connectivity index (χ4n) is 2.81. The topological polar surface area (TPSA) is 123 Å². The Bertz CT molecular complexity index is 1360. The highest BCUT2D eigenvalue weighted by Crippen LogP contribution is 2.25. The van der Waals surface area contributed by atoms with Crippen LogP contribution >= 0.6 is 0 Å². The maximum absolute atomic E-state index is 12.6. The lowest BCUT2D eigenvalue weighted by Crippen LogP contribution is -2.14. The number of sulfonamides is 1. The molecule has 0 amide bonds. The first kappa shape index (κ1) is 20.1. The number of ether oxygens (including phenoxy) is 1. The van der Waals surface area contributed by atoms with Gasteiger partial charge < -0.3 is 4.74 Å². The SMILES string of the molecule is Cc1nc(Oc2ccc(NS(=O)(=O)c3ccccc3C#N)cc2)cc(-n2cccn2)n1. The van der Waals surface area contributed by atoms with Gasteiger partial charge in [0.2, 0.25) is 5.88 Å². The molecule has 0 aliphatic rings. The highest BCUT2D eigenvalue weighted by Gasteiger charge is 2.18. The lowest BCUT2D eigenvalue weighted by Gasteiger charge is -2.11. The number of benzene rings is 2. The third-order valence-corrected chi connectivity index (χ3v) is 5.61. The molecule has 4 aromatic rings. The van der Waals surface area contributed by atoms with Gasteiger partial charge in [0.1, 0.15) is 22.5 Å². The average Bonchev–Trinajstić information content (AvgIpc) is 3.30. The number of aromatic nitrogens is 4. The van der Waals surface area contributed by atoms with Crippen LogP contribution in [0.4, 0.5) is 5.69 Å². The van der Waals surface area contributed by atoms with Crippen molar-refractivity contribution < 1.29 is 13.2 Å². The Balaban J connectivity index is 1.52. The average molecular weight is 432 g/mol. The minimum atomic E-state index is -3.91. The summed E-state index contributed by atoms with van der Waals surface area (Å²) in [6.07, 6.45) is 3.41. The number of anilines is 1. The molecule has 2 aromatic carbocycles. The summed E-state index contributed by atoms with van der Waals surface area (Å²) in [5.74, 6) is 1.87. The summed E-state index contributed by atoms with van der Waals surface area (Å²) in [4.78, 5) is 8.51. The summed E-state index contributed by atoms with van der Waals surface area (Å²) in [5, 5.41) is 13.3. The number of nitrogens with zero attached hydrogens (tertiary/aromatic N) is 5. The first-order valence-electron chi connectivity index (χ1n) is 9.10. The zero-order valence-electron chi connectivity index (χ0n) is 16.3. The highest BCUT2D eigenvalue weighted by atomic mass is 32.2. The second kappa shape index (κ2) is 8.25. The maximum Gasteiger partial charge on any atom is 0.263 e. The van der Waals surface area contributed by atoms with Crippen LogP contribution in [-0.2, 0) is 10.0 Å². The molecule has 0 aliphatic heterocycles. The molecule has 2 heterocycles. The molecule has 154 valence electrons. The van der Waals surface area contributed by atoms with Crippen LogP contribution in [0.15, 0.2) is 78.0 Å². The fraction of sp³-hybridized carbons (Fsp3) is 0.0476. The molecule has 4 rings (SSSR count). The number of rotatable bonds is 6. The minimum Gasteiger partial charge on any atom is -0.439 e. The Labute approximate surface area is 178 Å². The molecule has 10 heteroatoms. The van der Waals surface area contributed by atoms with E-state index in [1.54, 1.807) is 72.5 Å². The zero-order chi connectivity index (χ0) is 21.8. The molecule has 2 aromatic heterocycles. The van der Waals surface area contributed by atoms with E-state index in [9.17, 15) is 8.42 Å². The van der Waals surface area contributed by atoms with Crippen LogP contribution in [0.2, 0.25) is 0 Å². The van der Waals surface area contributed by atoms with E-state index in [-0.39, 0.29) is 10.5 Å². The van der Waals surface area contributed by atoms with Crippen molar-refractivity contribution in [2.75, 3.05) is 4.72 Å². The van der Waals surface area contributed by atoms with Crippen molar-refractivity contribution in [1.82, 2.24) is 19.7 Å². The van der Waals surface area contributed by atoms with Gasteiger partial charge >= 0.3 is 0 Å². The van der Waals surface area contributed by atoms with Crippen molar-refractivity contribution in [3.05, 3.63) is 84.4 Å². The fourth-order valence-corrected chi connectivity index (χ4v) is 4.03. The molecule has 0 saturated carbocycles. The van der Waals surface area contributed by atoms with Crippen molar-refractivity contribution in [3.8, 4) is 23.5 Å². The van der Waals surface area contributed by atoms with Gasteiger partial charge in [0, 0.05) is 24.1 Å². The Kier molecular flexibility index (Phi) is 5.34. The van der Waals surface area contributed by atoms with Crippen LogP contribution in [0.5, 0.6) is 11.6 Å². The van der Waals surface area contributed by atoms with Crippen molar-refractivity contribution in [3.63, 3.8) is 0 Å². The second-order valence-electron chi connectivity index (χ2n) is 6.40. The van der Waals surface area contributed by atoms with Crippen molar-refractivity contribution in [1.29, 1.82) is 5.26 Å². The largest absolute Gasteiger partial charge is 0.439 e. The molecule has 0 atom stereocenters. The van der Waals surface area contributed by atoms with E-state index in [1.807, 2.05) is 6.07 Å². The van der Waals surface area contributed by atoms with E-state index in [2.05, 4.69) is 19.8 Å². The smallest absolute Gasteiger partial charge is 0.263 e. The van der Waals surface area contributed by atoms with Crippen LogP contribution in [0.1, 0.15) is 11.4 Å². The zero-order valence-corrected chi connectivity index (χ0v) is 17.1. The van der Waals surface area contributed by atoms with Gasteiger partial charge in [-0.15, -0.1) is 0 Å². The summed E-state index contributed by atoms with van der Waals surface area (Å²) in [6.45, 7) is 1.75. The molecule has 9 nitrogen and oxygen atoms in total. The van der Waals surface area contributed by atoms with Gasteiger partial charge in [0.05, 0.1) is 5.56 Å². The molecular formula is C21H16N6O3S. The quantitative estimate of drug-likeness (QED) is 0.495. The first-order chi connectivity index (χ1) is 14.9. The van der Waals surface area contributed by atoms with E-state index >= 15 is 0 Å². The summed E-state index contributed by atoms with van der Waals surface area (Å²) in [5.41, 5.74) is 0.401. The monoisotopic (exact) mass is 432 g/mol. The summed E-state index contributed by atoms with van der Waals surface area (Å²) >= 11 is 0. The predicted octanol–water partition coefficient (Wildman–Crippen LogP) is 3.44. The first-order valence-corrected chi connectivity index (χ1v) is 10.6. The van der Waals surface area contributed by atoms with Crippen molar-refractivity contribution in [2.45, 2.75) is 11.8 Å². The molecular weight excluding hydrogens is 416 g/mol. The van der Waals surface area contributed by atoms with Gasteiger partial charge in [0.25, 0.3) is 10.0 Å². The van der Waals surface area contributed by atoms with Crippen molar-refractivity contribution in [2.24, 2.45) is 0 Å². The number of hydrogen-bond donors (Lipinski definition) is 1. The Hall–Kier alpha value is -4.23. The van der Waals surface area contributed by atoms with E-state index < -0.39 is 10.0 Å². The number of nitrogens with one attached hydrogen (secondary N) is 1. The van der Waals surface area contributed by atoms with E-state index in [0.717, 1.165) is 0 Å². The van der Waals surface area contributed by atoms with Crippen molar-refractivity contribution >= 4 is 15.7 Å². The van der Waals surface area contributed by atoms with Crippen LogP contribution in [0.3, 0.4) is 0 Å². The molecule has 0 bridgehead atoms. The third kappa shape index (κ3) is 4.52. The van der Waals surface area contributed by atoms with Crippen LogP contribution in [0, 0.1) is 18.3 Å². The van der Waals surface area contributed by atoms with Gasteiger partial charge in [0.15, 0.2) is 5.82 Å². The Morgan fingerprint density at radius 2 is 1.84 bits per heavy atom. The highest BCUT2D eigenvalue weighted by molar-refractivity contribution is 7.92. The molecule has 0 aliphatic carbocycles. The molecule has 31 heavy (non-hydrogen) atoms. The van der Waals surface area contributed by atoms with Crippen LogP contribution in [-0.4, -0.2) is 28.2 Å². The van der Waals surface area contributed by atoms with E-state index in [1.165, 1.54) is 12.1 Å². The number of hydrogen-bond acceptors (Lipinski definition) is 7. The summed E-state index contributed by atoms with van der Waals surface area (Å²) in [6, 6.07) is 17.7. The lowest BCUT2D eigenvalue weighted by atomic mass is 10.2. The molecule has 0 fully saturated rings. The molecule has 0 radical (unpaired) electrons. The third-order valence-electron chi connectivity index (χ3n) is 4.17. The molecule has 0 spiro atoms. The Morgan fingerprint density at radius 1 is 1.06 bits per heavy atom. The lowest BCUT2D eigenvalue weighted by molar-refractivity contribution is 0.459. The van der Waals surface area contributed by atoms with Gasteiger partial charge in [-0.2, -0.15) is 15.3 Å². The Morgan fingerprint density at radius 3 is 2.55 bits per heavy atom. The number of nitriles is 1. The second-order valence-corrected chi connectivity index (χ2v) is 8.05. The predicted molar refractivity (Wildman–Crippen MR) is 112 cm³/mol. The maximum atomic E-state index is 12.6. The molecule has 0 unspecified atom stereocenters. The summed E-state index contributed by atoms with van der Waals surface area (Å²) < 4.78 is 35.1.